The summed E-state index contributed by atoms with van der Waals surface area (Å²) < 4.78 is 50.8. The van der Waals surface area contributed by atoms with Gasteiger partial charge in [0, 0.05) is 16.8 Å². The van der Waals surface area contributed by atoms with E-state index in [2.05, 4.69) is 15.5 Å². The number of hydrogen-bond donors (Lipinski definition) is 2. The summed E-state index contributed by atoms with van der Waals surface area (Å²) in [5.74, 6) is -2.36. The first-order valence-electron chi connectivity index (χ1n) is 14.5. The second-order valence-corrected chi connectivity index (χ2v) is 10.8. The molecule has 5 aromatic rings. The first-order valence-corrected chi connectivity index (χ1v) is 14.5. The molecule has 0 bridgehead atoms. The van der Waals surface area contributed by atoms with Gasteiger partial charge in [-0.25, -0.2) is 0 Å². The van der Waals surface area contributed by atoms with E-state index in [1.54, 1.807) is 0 Å². The van der Waals surface area contributed by atoms with Gasteiger partial charge >= 0.3 is 12.1 Å². The zero-order chi connectivity index (χ0) is 34.4. The van der Waals surface area contributed by atoms with E-state index in [1.807, 2.05) is 55.5 Å². The van der Waals surface area contributed by atoms with Crippen molar-refractivity contribution in [2.45, 2.75) is 26.1 Å². The fourth-order valence-electron chi connectivity index (χ4n) is 4.88. The molecule has 0 aliphatic heterocycles. The summed E-state index contributed by atoms with van der Waals surface area (Å²) in [5, 5.41) is 15.9. The lowest BCUT2D eigenvalue weighted by atomic mass is 10.0. The molecule has 5 rings (SSSR count). The fraction of sp³-hybridized carbons (Fsp3) is 0.171. The molecule has 0 saturated carbocycles. The molecule has 0 saturated heterocycles. The molecule has 246 valence electrons. The number of amides is 2. The number of aromatic nitrogens is 2. The van der Waals surface area contributed by atoms with Gasteiger partial charge in [0.1, 0.15) is 18.8 Å². The molecular formula is C35H29F3N4O6. The van der Waals surface area contributed by atoms with Crippen LogP contribution in [0.4, 0.5) is 18.9 Å². The van der Waals surface area contributed by atoms with Crippen molar-refractivity contribution in [1.82, 2.24) is 15.0 Å². The number of carbonyl (C=O) groups excluding carboxylic acids is 2. The molecule has 0 radical (unpaired) electrons. The minimum Gasteiger partial charge on any atom is -0.497 e. The van der Waals surface area contributed by atoms with E-state index < -0.39 is 42.5 Å². The average molecular weight is 659 g/mol. The van der Waals surface area contributed by atoms with Gasteiger partial charge in [-0.3, -0.25) is 14.4 Å². The quantitative estimate of drug-likeness (QED) is 0.161. The Balaban J connectivity index is 1.24. The van der Waals surface area contributed by atoms with Crippen LogP contribution >= 0.6 is 0 Å². The molecule has 0 aliphatic rings. The number of methoxy groups -OCH3 is 1. The van der Waals surface area contributed by atoms with Crippen molar-refractivity contribution in [3.05, 3.63) is 119 Å². The third-order valence-corrected chi connectivity index (χ3v) is 7.32. The Morgan fingerprint density at radius 2 is 1.52 bits per heavy atom. The first-order chi connectivity index (χ1) is 22.9. The minimum absolute atomic E-state index is 0.00656. The van der Waals surface area contributed by atoms with Crippen LogP contribution in [0.3, 0.4) is 0 Å². The topological polar surface area (TPSA) is 135 Å². The highest BCUT2D eigenvalue weighted by Gasteiger charge is 2.34. The molecule has 1 aromatic heterocycles. The number of carbonyl (C=O) groups is 3. The van der Waals surface area contributed by atoms with Gasteiger partial charge in [-0.2, -0.15) is 18.2 Å². The molecular weight excluding hydrogens is 629 g/mol. The Hall–Kier alpha value is -5.98. The average Bonchev–Trinajstić information content (AvgIpc) is 3.53. The highest BCUT2D eigenvalue weighted by molar-refractivity contribution is 5.97. The molecule has 0 fully saturated rings. The number of anilines is 1. The second kappa shape index (κ2) is 14.2. The van der Waals surface area contributed by atoms with Crippen LogP contribution in [0.5, 0.6) is 5.75 Å². The van der Waals surface area contributed by atoms with Crippen LogP contribution in [0.1, 0.15) is 32.9 Å². The second-order valence-electron chi connectivity index (χ2n) is 10.8. The lowest BCUT2D eigenvalue weighted by Crippen LogP contribution is -2.35. The molecule has 0 aliphatic carbocycles. The summed E-state index contributed by atoms with van der Waals surface area (Å²) in [7, 11) is 1.24. The van der Waals surface area contributed by atoms with Gasteiger partial charge in [-0.05, 0) is 60.0 Å². The Labute approximate surface area is 272 Å². The predicted molar refractivity (Wildman–Crippen MR) is 169 cm³/mol. The third kappa shape index (κ3) is 8.23. The monoisotopic (exact) mass is 658 g/mol. The van der Waals surface area contributed by atoms with Gasteiger partial charge in [0.25, 0.3) is 5.91 Å². The van der Waals surface area contributed by atoms with Gasteiger partial charge in [0.2, 0.25) is 17.6 Å². The van der Waals surface area contributed by atoms with E-state index in [9.17, 15) is 32.7 Å². The first kappa shape index (κ1) is 33.4. The molecule has 2 N–H and O–H groups in total. The predicted octanol–water partition coefficient (Wildman–Crippen LogP) is 6.65. The van der Waals surface area contributed by atoms with Gasteiger partial charge in [0.05, 0.1) is 19.1 Å². The molecule has 0 unspecified atom stereocenters. The molecule has 10 nitrogen and oxygen atoms in total. The highest BCUT2D eigenvalue weighted by Crippen LogP contribution is 2.35. The van der Waals surface area contributed by atoms with Crippen LogP contribution in [0.2, 0.25) is 0 Å². The smallest absolute Gasteiger partial charge is 0.416 e. The standard InChI is InChI=1S/C35H29F3N4O6/c1-21-3-5-22(6-4-21)23-7-9-24(10-8-23)33-40-31(48-41-33)19-42(20-32(44)45)34(46)25-11-14-27(15-12-25)39-30(43)17-26-13-16-28(47-2)18-29(26)35(36,37)38/h3-16,18H,17,19-20H2,1-2H3,(H,39,43)(H,44,45). The molecule has 2 amide bonds. The molecule has 0 spiro atoms. The van der Waals surface area contributed by atoms with E-state index in [0.717, 1.165) is 27.7 Å². The van der Waals surface area contributed by atoms with E-state index in [0.29, 0.717) is 5.56 Å². The van der Waals surface area contributed by atoms with Crippen LogP contribution < -0.4 is 10.1 Å². The van der Waals surface area contributed by atoms with Gasteiger partial charge < -0.3 is 24.6 Å². The number of aryl methyl sites for hydroxylation is 1. The van der Waals surface area contributed by atoms with E-state index in [1.165, 1.54) is 43.5 Å². The van der Waals surface area contributed by atoms with Gasteiger partial charge in [-0.15, -0.1) is 0 Å². The number of aliphatic carboxylic acids is 1. The van der Waals surface area contributed by atoms with Crippen molar-refractivity contribution in [1.29, 1.82) is 0 Å². The lowest BCUT2D eigenvalue weighted by molar-refractivity contribution is -0.139. The van der Waals surface area contributed by atoms with Crippen molar-refractivity contribution in [2.75, 3.05) is 19.0 Å². The van der Waals surface area contributed by atoms with E-state index in [-0.39, 0.29) is 40.8 Å². The molecule has 1 heterocycles. The number of benzene rings is 4. The lowest BCUT2D eigenvalue weighted by Gasteiger charge is -2.19. The van der Waals surface area contributed by atoms with Gasteiger partial charge in [-0.1, -0.05) is 65.3 Å². The van der Waals surface area contributed by atoms with Crippen molar-refractivity contribution in [3.8, 4) is 28.3 Å². The largest absolute Gasteiger partial charge is 0.497 e. The Morgan fingerprint density at radius 1 is 0.896 bits per heavy atom. The summed E-state index contributed by atoms with van der Waals surface area (Å²) in [6.07, 6.45) is -5.25. The van der Waals surface area contributed by atoms with Crippen molar-refractivity contribution in [3.63, 3.8) is 0 Å². The fourth-order valence-corrected chi connectivity index (χ4v) is 4.88. The maximum Gasteiger partial charge on any atom is 0.416 e. The molecule has 4 aromatic carbocycles. The van der Waals surface area contributed by atoms with E-state index >= 15 is 0 Å². The molecule has 48 heavy (non-hydrogen) atoms. The van der Waals surface area contributed by atoms with Crippen LogP contribution in [-0.2, 0) is 28.7 Å². The van der Waals surface area contributed by atoms with Crippen LogP contribution in [-0.4, -0.2) is 51.6 Å². The summed E-state index contributed by atoms with van der Waals surface area (Å²) in [4.78, 5) is 42.8. The number of carboxylic acids is 1. The summed E-state index contributed by atoms with van der Waals surface area (Å²) in [6.45, 7) is 1.06. The molecule has 13 heteroatoms. The number of halogens is 3. The van der Waals surface area contributed by atoms with E-state index in [4.69, 9.17) is 9.26 Å². The van der Waals surface area contributed by atoms with Crippen LogP contribution in [0.15, 0.2) is 95.5 Å². The zero-order valence-corrected chi connectivity index (χ0v) is 25.7. The Bertz CT molecular complexity index is 1920. The number of hydrogen-bond acceptors (Lipinski definition) is 7. The number of nitrogens with zero attached hydrogens (tertiary/aromatic N) is 3. The summed E-state index contributed by atoms with van der Waals surface area (Å²) >= 11 is 0. The van der Waals surface area contributed by atoms with Crippen LogP contribution in [0.25, 0.3) is 22.5 Å². The van der Waals surface area contributed by atoms with Crippen molar-refractivity contribution >= 4 is 23.5 Å². The number of rotatable bonds is 11. The normalized spacial score (nSPS) is 11.2. The third-order valence-electron chi connectivity index (χ3n) is 7.32. The summed E-state index contributed by atoms with van der Waals surface area (Å²) in [5.41, 5.74) is 2.96. The SMILES string of the molecule is COc1ccc(CC(=O)Nc2ccc(C(=O)N(CC(=O)O)Cc3nc(-c4ccc(-c5ccc(C)cc5)cc4)no3)cc2)c(C(F)(F)F)c1. The molecule has 0 atom stereocenters. The Morgan fingerprint density at radius 3 is 2.12 bits per heavy atom. The number of nitrogens with one attached hydrogen (secondary N) is 1. The number of ether oxygens (including phenoxy) is 1. The maximum atomic E-state index is 13.5. The number of alkyl halides is 3. The van der Waals surface area contributed by atoms with Crippen molar-refractivity contribution in [2.24, 2.45) is 0 Å². The van der Waals surface area contributed by atoms with Gasteiger partial charge in [0.15, 0.2) is 0 Å². The highest BCUT2D eigenvalue weighted by atomic mass is 19.4. The van der Waals surface area contributed by atoms with Crippen molar-refractivity contribution < 1.29 is 41.9 Å². The summed E-state index contributed by atoms with van der Waals surface area (Å²) in [6, 6.07) is 24.4. The minimum atomic E-state index is -4.69. The van der Waals surface area contributed by atoms with Crippen LogP contribution in [0, 0.1) is 6.92 Å². The number of carboxylic acid groups (broad SMARTS) is 1. The maximum absolute atomic E-state index is 13.5. The zero-order valence-electron chi connectivity index (χ0n) is 25.7. The Kier molecular flexibility index (Phi) is 9.88.